The number of aromatic nitrogens is 2. The van der Waals surface area contributed by atoms with E-state index in [-0.39, 0.29) is 0 Å². The van der Waals surface area contributed by atoms with Crippen LogP contribution in [0.2, 0.25) is 5.02 Å². The second kappa shape index (κ2) is 8.54. The lowest BCUT2D eigenvalue weighted by Crippen LogP contribution is -2.00. The molecule has 2 aromatic heterocycles. The van der Waals surface area contributed by atoms with Crippen molar-refractivity contribution < 1.29 is 9.47 Å². The first-order valence-corrected chi connectivity index (χ1v) is 12.1. The second-order valence-corrected chi connectivity index (χ2v) is 9.50. The zero-order valence-electron chi connectivity index (χ0n) is 17.6. The summed E-state index contributed by atoms with van der Waals surface area (Å²) in [4.78, 5) is 8.82. The minimum atomic E-state index is 0.511. The van der Waals surface area contributed by atoms with E-state index in [1.165, 1.54) is 17.5 Å². The van der Waals surface area contributed by atoms with E-state index in [1.807, 2.05) is 48.5 Å². The van der Waals surface area contributed by atoms with Crippen LogP contribution in [0.15, 0.2) is 72.4 Å². The molecule has 0 spiro atoms. The van der Waals surface area contributed by atoms with Gasteiger partial charge in [-0.1, -0.05) is 11.6 Å². The number of thiophene rings is 1. The van der Waals surface area contributed by atoms with Gasteiger partial charge in [-0.15, -0.1) is 11.3 Å². The summed E-state index contributed by atoms with van der Waals surface area (Å²) < 4.78 is 13.2. The molecule has 1 saturated carbocycles. The summed E-state index contributed by atoms with van der Waals surface area (Å²) in [5, 5.41) is 7.99. The summed E-state index contributed by atoms with van der Waals surface area (Å²) in [6.07, 6.45) is 4.06. The smallest absolute Gasteiger partial charge is 0.146 e. The van der Waals surface area contributed by atoms with Crippen molar-refractivity contribution >= 4 is 55.4 Å². The number of anilines is 2. The Balaban J connectivity index is 1.23. The molecule has 0 aliphatic heterocycles. The lowest BCUT2D eigenvalue weighted by molar-refractivity contribution is 0.300. The first kappa shape index (κ1) is 20.3. The molecule has 164 valence electrons. The van der Waals surface area contributed by atoms with Crippen molar-refractivity contribution in [1.82, 2.24) is 9.97 Å². The largest absolute Gasteiger partial charge is 0.493 e. The van der Waals surface area contributed by atoms with Crippen LogP contribution in [-0.4, -0.2) is 16.6 Å². The molecule has 0 unspecified atom stereocenters. The molecule has 1 aliphatic rings. The summed E-state index contributed by atoms with van der Waals surface area (Å²) in [6, 6.07) is 19.6. The predicted molar refractivity (Wildman–Crippen MR) is 134 cm³/mol. The summed E-state index contributed by atoms with van der Waals surface area (Å²) >= 11 is 8.26. The Hall–Kier alpha value is -3.35. The van der Waals surface area contributed by atoms with Crippen molar-refractivity contribution in [3.05, 3.63) is 77.4 Å². The average molecular weight is 474 g/mol. The lowest BCUT2D eigenvalue weighted by atomic mass is 10.2. The predicted octanol–water partition coefficient (Wildman–Crippen LogP) is 7.82. The van der Waals surface area contributed by atoms with Crippen LogP contribution in [0.25, 0.3) is 21.0 Å². The number of ether oxygens (including phenoxy) is 2. The van der Waals surface area contributed by atoms with Crippen LogP contribution in [0.3, 0.4) is 0 Å². The number of hydrogen-bond acceptors (Lipinski definition) is 6. The van der Waals surface area contributed by atoms with Gasteiger partial charge < -0.3 is 14.8 Å². The first-order chi connectivity index (χ1) is 16.2. The van der Waals surface area contributed by atoms with Gasteiger partial charge in [0.25, 0.3) is 0 Å². The van der Waals surface area contributed by atoms with Crippen molar-refractivity contribution in [2.24, 2.45) is 5.92 Å². The van der Waals surface area contributed by atoms with Gasteiger partial charge in [0.1, 0.15) is 29.4 Å². The van der Waals surface area contributed by atoms with Crippen LogP contribution in [-0.2, 0) is 0 Å². The highest BCUT2D eigenvalue weighted by atomic mass is 35.5. The van der Waals surface area contributed by atoms with Crippen molar-refractivity contribution in [2.75, 3.05) is 11.9 Å². The Morgan fingerprint density at radius 3 is 2.76 bits per heavy atom. The molecule has 0 amide bonds. The van der Waals surface area contributed by atoms with E-state index in [0.717, 1.165) is 40.1 Å². The van der Waals surface area contributed by atoms with Gasteiger partial charge in [0.2, 0.25) is 0 Å². The standard InChI is InChI=1S/C26H20ClN3O2S/c27-22-12-18(3-7-24(22)32-20-5-8-25-17(11-20)9-10-33-25)30-26-21-13-19(31-14-16-1-2-16)4-6-23(21)28-15-29-26/h3-13,15-16H,1-2,14H2,(H,28,29,30). The third-order valence-electron chi connectivity index (χ3n) is 5.64. The molecule has 0 radical (unpaired) electrons. The highest BCUT2D eigenvalue weighted by Gasteiger charge is 2.22. The summed E-state index contributed by atoms with van der Waals surface area (Å²) in [6.45, 7) is 0.762. The molecular weight excluding hydrogens is 454 g/mol. The Morgan fingerprint density at radius 1 is 0.970 bits per heavy atom. The fourth-order valence-corrected chi connectivity index (χ4v) is 4.65. The third kappa shape index (κ3) is 4.45. The molecule has 0 saturated heterocycles. The topological polar surface area (TPSA) is 56.3 Å². The van der Waals surface area contributed by atoms with E-state index < -0.39 is 0 Å². The molecule has 0 bridgehead atoms. The maximum absolute atomic E-state index is 6.55. The summed E-state index contributed by atoms with van der Waals surface area (Å²) in [7, 11) is 0. The van der Waals surface area contributed by atoms with E-state index in [9.17, 15) is 0 Å². The van der Waals surface area contributed by atoms with Crippen molar-refractivity contribution in [3.63, 3.8) is 0 Å². The Labute approximate surface area is 200 Å². The van der Waals surface area contributed by atoms with Gasteiger partial charge >= 0.3 is 0 Å². The van der Waals surface area contributed by atoms with Crippen LogP contribution in [0.4, 0.5) is 11.5 Å². The first-order valence-electron chi connectivity index (χ1n) is 10.8. The fourth-order valence-electron chi connectivity index (χ4n) is 3.66. The minimum Gasteiger partial charge on any atom is -0.493 e. The second-order valence-electron chi connectivity index (χ2n) is 8.15. The normalized spacial score (nSPS) is 13.4. The van der Waals surface area contributed by atoms with E-state index in [0.29, 0.717) is 22.5 Å². The molecule has 5 aromatic rings. The van der Waals surface area contributed by atoms with Gasteiger partial charge in [-0.25, -0.2) is 9.97 Å². The van der Waals surface area contributed by atoms with Crippen molar-refractivity contribution in [2.45, 2.75) is 12.8 Å². The zero-order chi connectivity index (χ0) is 22.2. The van der Waals surface area contributed by atoms with E-state index in [4.69, 9.17) is 21.1 Å². The molecule has 3 aromatic carbocycles. The zero-order valence-corrected chi connectivity index (χ0v) is 19.2. The van der Waals surface area contributed by atoms with E-state index in [1.54, 1.807) is 17.7 Å². The van der Waals surface area contributed by atoms with Crippen molar-refractivity contribution in [1.29, 1.82) is 0 Å². The third-order valence-corrected chi connectivity index (χ3v) is 6.83. The van der Waals surface area contributed by atoms with Gasteiger partial charge in [-0.3, -0.25) is 0 Å². The van der Waals surface area contributed by atoms with Crippen LogP contribution in [0.5, 0.6) is 17.2 Å². The molecular formula is C26H20ClN3O2S. The van der Waals surface area contributed by atoms with E-state index in [2.05, 4.69) is 32.8 Å². The van der Waals surface area contributed by atoms with Crippen molar-refractivity contribution in [3.8, 4) is 17.2 Å². The van der Waals surface area contributed by atoms with Gasteiger partial charge in [0, 0.05) is 15.8 Å². The maximum Gasteiger partial charge on any atom is 0.146 e. The Bertz CT molecular complexity index is 1460. The molecule has 2 heterocycles. The monoisotopic (exact) mass is 473 g/mol. The number of nitrogens with zero attached hydrogens (tertiary/aromatic N) is 2. The van der Waals surface area contributed by atoms with Gasteiger partial charge in [0.15, 0.2) is 0 Å². The average Bonchev–Trinajstić information content (AvgIpc) is 3.55. The van der Waals surface area contributed by atoms with Gasteiger partial charge in [-0.05, 0) is 90.2 Å². The molecule has 1 aliphatic carbocycles. The summed E-state index contributed by atoms with van der Waals surface area (Å²) in [5.41, 5.74) is 1.66. The molecule has 5 nitrogen and oxygen atoms in total. The molecule has 0 atom stereocenters. The van der Waals surface area contributed by atoms with Crippen LogP contribution in [0, 0.1) is 5.92 Å². The number of nitrogens with one attached hydrogen (secondary N) is 1. The highest BCUT2D eigenvalue weighted by Crippen LogP contribution is 2.35. The molecule has 7 heteroatoms. The number of fused-ring (bicyclic) bond motifs is 2. The lowest BCUT2D eigenvalue weighted by Gasteiger charge is -2.12. The maximum atomic E-state index is 6.55. The number of halogens is 1. The highest BCUT2D eigenvalue weighted by molar-refractivity contribution is 7.17. The Kier molecular flexibility index (Phi) is 5.24. The van der Waals surface area contributed by atoms with Crippen LogP contribution in [0.1, 0.15) is 12.8 Å². The van der Waals surface area contributed by atoms with E-state index >= 15 is 0 Å². The van der Waals surface area contributed by atoms with Gasteiger partial charge in [0.05, 0.1) is 17.1 Å². The number of benzene rings is 3. The fraction of sp³-hybridized carbons (Fsp3) is 0.154. The molecule has 1 N–H and O–H groups in total. The number of hydrogen-bond donors (Lipinski definition) is 1. The quantitative estimate of drug-likeness (QED) is 0.261. The number of rotatable bonds is 7. The Morgan fingerprint density at radius 2 is 1.88 bits per heavy atom. The molecule has 1 fully saturated rings. The van der Waals surface area contributed by atoms with Crippen LogP contribution < -0.4 is 14.8 Å². The summed E-state index contributed by atoms with van der Waals surface area (Å²) in [5.74, 6) is 3.57. The SMILES string of the molecule is Clc1cc(Nc2ncnc3ccc(OCC4CC4)cc23)ccc1Oc1ccc2sccc2c1. The minimum absolute atomic E-state index is 0.511. The molecule has 6 rings (SSSR count). The van der Waals surface area contributed by atoms with Crippen LogP contribution >= 0.6 is 22.9 Å². The van der Waals surface area contributed by atoms with Gasteiger partial charge in [-0.2, -0.15) is 0 Å². The molecule has 33 heavy (non-hydrogen) atoms.